The molecule has 0 bridgehead atoms. The lowest BCUT2D eigenvalue weighted by atomic mass is 9.83. The molecule has 2 N–H and O–H groups in total. The highest BCUT2D eigenvalue weighted by molar-refractivity contribution is 5.75. The van der Waals surface area contributed by atoms with E-state index in [1.807, 2.05) is 12.1 Å². The van der Waals surface area contributed by atoms with Crippen LogP contribution in [-0.2, 0) is 9.53 Å². The molecule has 1 aromatic rings. The quantitative estimate of drug-likeness (QED) is 0.816. The van der Waals surface area contributed by atoms with Gasteiger partial charge in [0.1, 0.15) is 6.04 Å². The number of esters is 1. The molecule has 0 aromatic heterocycles. The van der Waals surface area contributed by atoms with E-state index in [9.17, 15) is 4.79 Å². The molecule has 0 aliphatic carbocycles. The number of aryl methyl sites for hydroxylation is 1. The number of nitrogens with two attached hydrogens (primary N) is 1. The lowest BCUT2D eigenvalue weighted by Gasteiger charge is -2.23. The molecule has 1 aromatic carbocycles. The minimum absolute atomic E-state index is 0.334. The van der Waals surface area contributed by atoms with Crippen LogP contribution in [0.25, 0.3) is 0 Å². The van der Waals surface area contributed by atoms with Crippen molar-refractivity contribution in [2.75, 3.05) is 7.11 Å². The number of benzene rings is 1. The largest absolute Gasteiger partial charge is 0.468 e. The van der Waals surface area contributed by atoms with Gasteiger partial charge in [0, 0.05) is 0 Å². The Kier molecular flexibility index (Phi) is 5.35. The molecule has 0 amide bonds. The Labute approximate surface area is 109 Å². The fourth-order valence-corrected chi connectivity index (χ4v) is 2.26. The average Bonchev–Trinajstić information content (AvgIpc) is 2.37. The van der Waals surface area contributed by atoms with Gasteiger partial charge in [0.2, 0.25) is 0 Å². The molecule has 0 spiro atoms. The Hall–Kier alpha value is -1.35. The summed E-state index contributed by atoms with van der Waals surface area (Å²) in [4.78, 5) is 11.3. The van der Waals surface area contributed by atoms with Crippen molar-refractivity contribution >= 4 is 5.97 Å². The van der Waals surface area contributed by atoms with E-state index in [-0.39, 0.29) is 5.97 Å². The Morgan fingerprint density at radius 2 is 1.94 bits per heavy atom. The normalized spacial score (nSPS) is 15.8. The minimum Gasteiger partial charge on any atom is -0.468 e. The van der Waals surface area contributed by atoms with E-state index in [1.165, 1.54) is 18.2 Å². The Balaban J connectivity index is 2.70. The number of carbonyl (C=O) groups excluding carboxylic acids is 1. The van der Waals surface area contributed by atoms with Crippen molar-refractivity contribution in [2.45, 2.75) is 39.2 Å². The van der Waals surface area contributed by atoms with Gasteiger partial charge in [0.05, 0.1) is 7.11 Å². The van der Waals surface area contributed by atoms with E-state index in [1.54, 1.807) is 0 Å². The monoisotopic (exact) mass is 249 g/mol. The average molecular weight is 249 g/mol. The predicted molar refractivity (Wildman–Crippen MR) is 73.4 cm³/mol. The molecule has 1 rings (SSSR count). The number of hydrogen-bond acceptors (Lipinski definition) is 3. The third-order valence-corrected chi connectivity index (χ3v) is 3.66. The van der Waals surface area contributed by atoms with E-state index in [0.717, 1.165) is 0 Å². The molecule has 0 aliphatic heterocycles. The van der Waals surface area contributed by atoms with Crippen LogP contribution in [0.2, 0.25) is 0 Å². The number of carbonyl (C=O) groups is 1. The van der Waals surface area contributed by atoms with Crippen molar-refractivity contribution in [1.82, 2.24) is 0 Å². The Morgan fingerprint density at radius 1 is 1.33 bits per heavy atom. The SMILES string of the molecule is COC(=O)C(N)CC(C)C(C)c1ccccc1C. The van der Waals surface area contributed by atoms with Crippen LogP contribution in [0.1, 0.15) is 37.3 Å². The van der Waals surface area contributed by atoms with E-state index < -0.39 is 6.04 Å². The second kappa shape index (κ2) is 6.55. The standard InChI is InChI=1S/C15H23NO2/c1-10-7-5-6-8-13(10)12(3)11(2)9-14(16)15(17)18-4/h5-8,11-12,14H,9,16H2,1-4H3. The van der Waals surface area contributed by atoms with Crippen molar-refractivity contribution in [3.63, 3.8) is 0 Å². The highest BCUT2D eigenvalue weighted by atomic mass is 16.5. The van der Waals surface area contributed by atoms with Crippen LogP contribution in [0.5, 0.6) is 0 Å². The molecule has 0 radical (unpaired) electrons. The summed E-state index contributed by atoms with van der Waals surface area (Å²) < 4.78 is 4.66. The maximum atomic E-state index is 11.3. The summed E-state index contributed by atoms with van der Waals surface area (Å²) in [7, 11) is 1.37. The van der Waals surface area contributed by atoms with Gasteiger partial charge in [-0.05, 0) is 36.3 Å². The number of methoxy groups -OCH3 is 1. The molecule has 3 unspecified atom stereocenters. The number of hydrogen-bond donors (Lipinski definition) is 1. The van der Waals surface area contributed by atoms with E-state index in [4.69, 9.17) is 5.73 Å². The molecule has 0 saturated heterocycles. The van der Waals surface area contributed by atoms with Crippen LogP contribution in [-0.4, -0.2) is 19.1 Å². The molecule has 18 heavy (non-hydrogen) atoms. The molecule has 3 heteroatoms. The van der Waals surface area contributed by atoms with Gasteiger partial charge >= 0.3 is 5.97 Å². The highest BCUT2D eigenvalue weighted by Crippen LogP contribution is 2.29. The molecule has 0 aliphatic rings. The van der Waals surface area contributed by atoms with Crippen LogP contribution in [0, 0.1) is 12.8 Å². The molecule has 0 heterocycles. The van der Waals surface area contributed by atoms with E-state index >= 15 is 0 Å². The van der Waals surface area contributed by atoms with E-state index in [0.29, 0.717) is 18.3 Å². The van der Waals surface area contributed by atoms with Gasteiger partial charge in [-0.3, -0.25) is 4.79 Å². The third kappa shape index (κ3) is 3.57. The topological polar surface area (TPSA) is 52.3 Å². The van der Waals surface area contributed by atoms with Crippen LogP contribution in [0.4, 0.5) is 0 Å². The molecular weight excluding hydrogens is 226 g/mol. The summed E-state index contributed by atoms with van der Waals surface area (Å²) in [5, 5.41) is 0. The van der Waals surface area contributed by atoms with Gasteiger partial charge in [-0.15, -0.1) is 0 Å². The zero-order valence-electron chi connectivity index (χ0n) is 11.6. The zero-order valence-corrected chi connectivity index (χ0v) is 11.6. The third-order valence-electron chi connectivity index (χ3n) is 3.66. The summed E-state index contributed by atoms with van der Waals surface area (Å²) in [5.74, 6) is 0.376. The lowest BCUT2D eigenvalue weighted by molar-refractivity contribution is -0.142. The maximum absolute atomic E-state index is 11.3. The van der Waals surface area contributed by atoms with Crippen molar-refractivity contribution in [3.05, 3.63) is 35.4 Å². The molecule has 3 nitrogen and oxygen atoms in total. The van der Waals surface area contributed by atoms with Crippen molar-refractivity contribution in [1.29, 1.82) is 0 Å². The smallest absolute Gasteiger partial charge is 0.322 e. The van der Waals surface area contributed by atoms with Crippen LogP contribution < -0.4 is 5.73 Å². The summed E-state index contributed by atoms with van der Waals surface area (Å²) in [6.07, 6.45) is 0.641. The van der Waals surface area contributed by atoms with Gasteiger partial charge in [0.15, 0.2) is 0 Å². The molecule has 0 fully saturated rings. The van der Waals surface area contributed by atoms with Crippen LogP contribution in [0.3, 0.4) is 0 Å². The van der Waals surface area contributed by atoms with Crippen LogP contribution >= 0.6 is 0 Å². The number of rotatable bonds is 5. The van der Waals surface area contributed by atoms with Gasteiger partial charge in [-0.2, -0.15) is 0 Å². The maximum Gasteiger partial charge on any atom is 0.322 e. The van der Waals surface area contributed by atoms with Gasteiger partial charge in [-0.1, -0.05) is 38.1 Å². The van der Waals surface area contributed by atoms with Crippen molar-refractivity contribution < 1.29 is 9.53 Å². The first-order chi connectivity index (χ1) is 8.47. The summed E-state index contributed by atoms with van der Waals surface area (Å²) in [6.45, 7) is 6.41. The second-order valence-electron chi connectivity index (χ2n) is 4.99. The predicted octanol–water partition coefficient (Wildman–Crippen LogP) is 2.63. The van der Waals surface area contributed by atoms with Crippen molar-refractivity contribution in [3.8, 4) is 0 Å². The van der Waals surface area contributed by atoms with Crippen LogP contribution in [0.15, 0.2) is 24.3 Å². The van der Waals surface area contributed by atoms with Gasteiger partial charge < -0.3 is 10.5 Å². The Bertz CT molecular complexity index is 403. The second-order valence-corrected chi connectivity index (χ2v) is 4.99. The fraction of sp³-hybridized carbons (Fsp3) is 0.533. The highest BCUT2D eigenvalue weighted by Gasteiger charge is 2.22. The first-order valence-corrected chi connectivity index (χ1v) is 6.36. The molecule has 3 atom stereocenters. The zero-order chi connectivity index (χ0) is 13.7. The molecular formula is C15H23NO2. The number of ether oxygens (including phenoxy) is 1. The van der Waals surface area contributed by atoms with Crippen molar-refractivity contribution in [2.24, 2.45) is 11.7 Å². The molecule has 100 valence electrons. The fourth-order valence-electron chi connectivity index (χ4n) is 2.26. The minimum atomic E-state index is -0.531. The van der Waals surface area contributed by atoms with Gasteiger partial charge in [0.25, 0.3) is 0 Å². The Morgan fingerprint density at radius 3 is 2.50 bits per heavy atom. The summed E-state index contributed by atoms with van der Waals surface area (Å²) in [5.41, 5.74) is 8.41. The lowest BCUT2D eigenvalue weighted by Crippen LogP contribution is -2.34. The summed E-state index contributed by atoms with van der Waals surface area (Å²) in [6, 6.07) is 7.80. The van der Waals surface area contributed by atoms with E-state index in [2.05, 4.69) is 37.6 Å². The first-order valence-electron chi connectivity index (χ1n) is 6.36. The molecule has 0 saturated carbocycles. The first kappa shape index (κ1) is 14.7. The van der Waals surface area contributed by atoms with Gasteiger partial charge in [-0.25, -0.2) is 0 Å². The summed E-state index contributed by atoms with van der Waals surface area (Å²) >= 11 is 0.